The Labute approximate surface area is 59.7 Å². The fourth-order valence-corrected chi connectivity index (χ4v) is 1.21. The monoisotopic (exact) mass is 136 g/mol. The van der Waals surface area contributed by atoms with Crippen LogP contribution >= 0.6 is 0 Å². The number of benzene rings is 1. The van der Waals surface area contributed by atoms with Crippen LogP contribution in [0.15, 0.2) is 30.3 Å². The van der Waals surface area contributed by atoms with Crippen LogP contribution < -0.4 is 0 Å². The van der Waals surface area contributed by atoms with Gasteiger partial charge >= 0.3 is 0 Å². The number of alkyl halides is 1. The van der Waals surface area contributed by atoms with Crippen molar-refractivity contribution >= 4 is 0 Å². The summed E-state index contributed by atoms with van der Waals surface area (Å²) in [4.78, 5) is 0. The van der Waals surface area contributed by atoms with Crippen molar-refractivity contribution in [3.05, 3.63) is 35.9 Å². The van der Waals surface area contributed by atoms with Crippen LogP contribution in [0.4, 0.5) is 4.39 Å². The Kier molecular flexibility index (Phi) is 1.23. The van der Waals surface area contributed by atoms with E-state index in [1.165, 1.54) is 0 Å². The zero-order valence-electron chi connectivity index (χ0n) is 5.63. The second kappa shape index (κ2) is 2.08. The van der Waals surface area contributed by atoms with E-state index in [9.17, 15) is 4.39 Å². The molecule has 1 aromatic carbocycles. The number of rotatable bonds is 1. The van der Waals surface area contributed by atoms with Gasteiger partial charge in [0.25, 0.3) is 0 Å². The molecule has 2 rings (SSSR count). The second-order valence-corrected chi connectivity index (χ2v) is 2.77. The smallest absolute Gasteiger partial charge is 0.108 e. The van der Waals surface area contributed by atoms with Crippen molar-refractivity contribution < 1.29 is 4.39 Å². The van der Waals surface area contributed by atoms with Gasteiger partial charge in [0, 0.05) is 5.92 Å². The third-order valence-corrected chi connectivity index (χ3v) is 1.94. The van der Waals surface area contributed by atoms with E-state index in [0.717, 1.165) is 12.0 Å². The SMILES string of the molecule is F[C@H]1C[C@@H]1c1ccccc1. The summed E-state index contributed by atoms with van der Waals surface area (Å²) in [6, 6.07) is 9.86. The highest BCUT2D eigenvalue weighted by atomic mass is 19.1. The molecule has 0 saturated heterocycles. The van der Waals surface area contributed by atoms with Crippen molar-refractivity contribution in [2.75, 3.05) is 0 Å². The molecule has 0 aliphatic heterocycles. The number of halogens is 1. The molecular weight excluding hydrogens is 127 g/mol. The summed E-state index contributed by atoms with van der Waals surface area (Å²) in [5, 5.41) is 0. The second-order valence-electron chi connectivity index (χ2n) is 2.77. The Morgan fingerprint density at radius 3 is 2.30 bits per heavy atom. The van der Waals surface area contributed by atoms with E-state index in [1.807, 2.05) is 30.3 Å². The van der Waals surface area contributed by atoms with Crippen molar-refractivity contribution in [2.45, 2.75) is 18.5 Å². The normalized spacial score (nSPS) is 30.1. The third-order valence-electron chi connectivity index (χ3n) is 1.94. The molecule has 1 aliphatic carbocycles. The summed E-state index contributed by atoms with van der Waals surface area (Å²) in [6.45, 7) is 0. The maximum Gasteiger partial charge on any atom is 0.108 e. The quantitative estimate of drug-likeness (QED) is 0.556. The van der Waals surface area contributed by atoms with Gasteiger partial charge in [-0.05, 0) is 12.0 Å². The third kappa shape index (κ3) is 0.919. The first-order valence-corrected chi connectivity index (χ1v) is 3.57. The van der Waals surface area contributed by atoms with Crippen LogP contribution in [0.2, 0.25) is 0 Å². The van der Waals surface area contributed by atoms with Gasteiger partial charge in [-0.25, -0.2) is 4.39 Å². The average Bonchev–Trinajstić information content (AvgIpc) is 2.69. The van der Waals surface area contributed by atoms with Crippen molar-refractivity contribution in [3.63, 3.8) is 0 Å². The van der Waals surface area contributed by atoms with Crippen molar-refractivity contribution in [1.82, 2.24) is 0 Å². The summed E-state index contributed by atoms with van der Waals surface area (Å²) >= 11 is 0. The van der Waals surface area contributed by atoms with Gasteiger partial charge in [0.05, 0.1) is 0 Å². The van der Waals surface area contributed by atoms with Crippen LogP contribution in [0, 0.1) is 0 Å². The minimum absolute atomic E-state index is 0.209. The van der Waals surface area contributed by atoms with E-state index >= 15 is 0 Å². The van der Waals surface area contributed by atoms with Crippen molar-refractivity contribution in [2.24, 2.45) is 0 Å². The van der Waals surface area contributed by atoms with Gasteiger partial charge in [-0.2, -0.15) is 0 Å². The summed E-state index contributed by atoms with van der Waals surface area (Å²) < 4.78 is 12.5. The Hall–Kier alpha value is -0.850. The van der Waals surface area contributed by atoms with Gasteiger partial charge in [-0.15, -0.1) is 0 Å². The van der Waals surface area contributed by atoms with Crippen LogP contribution in [0.25, 0.3) is 0 Å². The molecule has 0 heterocycles. The highest BCUT2D eigenvalue weighted by Crippen LogP contribution is 2.43. The number of hydrogen-bond donors (Lipinski definition) is 0. The number of hydrogen-bond acceptors (Lipinski definition) is 0. The first-order valence-electron chi connectivity index (χ1n) is 3.57. The molecule has 1 aromatic rings. The largest absolute Gasteiger partial charge is 0.247 e. The van der Waals surface area contributed by atoms with Crippen LogP contribution in [-0.4, -0.2) is 6.17 Å². The molecule has 0 amide bonds. The molecule has 0 spiro atoms. The predicted octanol–water partition coefficient (Wildman–Crippen LogP) is 2.51. The van der Waals surface area contributed by atoms with Crippen molar-refractivity contribution in [3.8, 4) is 0 Å². The molecule has 1 aliphatic rings. The van der Waals surface area contributed by atoms with E-state index in [-0.39, 0.29) is 5.92 Å². The van der Waals surface area contributed by atoms with Gasteiger partial charge in [-0.1, -0.05) is 30.3 Å². The van der Waals surface area contributed by atoms with Crippen LogP contribution in [0.3, 0.4) is 0 Å². The maximum atomic E-state index is 12.5. The van der Waals surface area contributed by atoms with Gasteiger partial charge in [0.15, 0.2) is 0 Å². The molecule has 1 saturated carbocycles. The summed E-state index contributed by atoms with van der Waals surface area (Å²) in [5.74, 6) is 0.209. The standard InChI is InChI=1S/C9H9F/c10-9-6-8(9)7-4-2-1-3-5-7/h1-5,8-9H,6H2/t8-,9+/m1/s1. The minimum atomic E-state index is -0.567. The highest BCUT2D eigenvalue weighted by Gasteiger charge is 2.38. The summed E-state index contributed by atoms with van der Waals surface area (Å²) in [5.41, 5.74) is 1.15. The molecule has 10 heavy (non-hydrogen) atoms. The lowest BCUT2D eigenvalue weighted by Crippen LogP contribution is -1.79. The Morgan fingerprint density at radius 2 is 1.80 bits per heavy atom. The van der Waals surface area contributed by atoms with E-state index in [0.29, 0.717) is 0 Å². The Balaban J connectivity index is 2.20. The lowest BCUT2D eigenvalue weighted by molar-refractivity contribution is 0.468. The van der Waals surface area contributed by atoms with E-state index in [4.69, 9.17) is 0 Å². The fraction of sp³-hybridized carbons (Fsp3) is 0.333. The molecule has 1 heteroatoms. The topological polar surface area (TPSA) is 0 Å². The van der Waals surface area contributed by atoms with E-state index < -0.39 is 6.17 Å². The Morgan fingerprint density at radius 1 is 1.20 bits per heavy atom. The van der Waals surface area contributed by atoms with Gasteiger partial charge in [0.1, 0.15) is 6.17 Å². The fourth-order valence-electron chi connectivity index (χ4n) is 1.21. The summed E-state index contributed by atoms with van der Waals surface area (Å²) in [6.07, 6.45) is 0.159. The first-order chi connectivity index (χ1) is 4.88. The highest BCUT2D eigenvalue weighted by molar-refractivity contribution is 5.26. The van der Waals surface area contributed by atoms with Gasteiger partial charge in [-0.3, -0.25) is 0 Å². The molecule has 52 valence electrons. The molecule has 0 N–H and O–H groups in total. The van der Waals surface area contributed by atoms with Gasteiger partial charge < -0.3 is 0 Å². The molecule has 0 unspecified atom stereocenters. The summed E-state index contributed by atoms with van der Waals surface area (Å²) in [7, 11) is 0. The Bertz CT molecular complexity index is 217. The zero-order chi connectivity index (χ0) is 6.97. The van der Waals surface area contributed by atoms with Crippen LogP contribution in [-0.2, 0) is 0 Å². The average molecular weight is 136 g/mol. The van der Waals surface area contributed by atoms with E-state index in [2.05, 4.69) is 0 Å². The zero-order valence-corrected chi connectivity index (χ0v) is 5.63. The van der Waals surface area contributed by atoms with E-state index in [1.54, 1.807) is 0 Å². The van der Waals surface area contributed by atoms with Crippen LogP contribution in [0.1, 0.15) is 17.9 Å². The van der Waals surface area contributed by atoms with Crippen molar-refractivity contribution in [1.29, 1.82) is 0 Å². The predicted molar refractivity (Wildman–Crippen MR) is 38.7 cm³/mol. The molecule has 2 atom stereocenters. The molecule has 0 nitrogen and oxygen atoms in total. The lowest BCUT2D eigenvalue weighted by Gasteiger charge is -1.93. The molecule has 0 radical (unpaired) electrons. The van der Waals surface area contributed by atoms with Gasteiger partial charge in [0.2, 0.25) is 0 Å². The maximum absolute atomic E-state index is 12.5. The molecule has 1 fully saturated rings. The molecule has 0 bridgehead atoms. The van der Waals surface area contributed by atoms with Crippen LogP contribution in [0.5, 0.6) is 0 Å². The first kappa shape index (κ1) is 5.90. The minimum Gasteiger partial charge on any atom is -0.247 e. The molecule has 0 aromatic heterocycles. The molecular formula is C9H9F. The lowest BCUT2D eigenvalue weighted by atomic mass is 10.1.